The second-order valence-corrected chi connectivity index (χ2v) is 6.56. The van der Waals surface area contributed by atoms with Gasteiger partial charge in [-0.1, -0.05) is 13.8 Å². The SMILES string of the molecule is CC(C)CN(C(C)C)S(=O)(=O)CCC(=O)O. The average Bonchev–Trinajstić information content (AvgIpc) is 2.10. The highest BCUT2D eigenvalue weighted by atomic mass is 32.2. The van der Waals surface area contributed by atoms with Crippen LogP contribution in [-0.4, -0.2) is 42.1 Å². The summed E-state index contributed by atoms with van der Waals surface area (Å²) in [5.74, 6) is -1.19. The largest absolute Gasteiger partial charge is 0.481 e. The molecule has 0 spiro atoms. The van der Waals surface area contributed by atoms with Gasteiger partial charge in [-0.25, -0.2) is 8.42 Å². The second kappa shape index (κ2) is 6.20. The summed E-state index contributed by atoms with van der Waals surface area (Å²) in [6.45, 7) is 7.88. The van der Waals surface area contributed by atoms with Crippen molar-refractivity contribution >= 4 is 16.0 Å². The Balaban J connectivity index is 4.70. The number of hydrogen-bond donors (Lipinski definition) is 1. The lowest BCUT2D eigenvalue weighted by Crippen LogP contribution is -2.41. The molecule has 1 N–H and O–H groups in total. The third kappa shape index (κ3) is 5.46. The summed E-state index contributed by atoms with van der Waals surface area (Å²) in [4.78, 5) is 10.4. The number of carboxylic acids is 1. The van der Waals surface area contributed by atoms with Crippen molar-refractivity contribution < 1.29 is 18.3 Å². The van der Waals surface area contributed by atoms with Gasteiger partial charge in [0.1, 0.15) is 0 Å². The first-order valence-electron chi connectivity index (χ1n) is 5.38. The predicted molar refractivity (Wildman–Crippen MR) is 62.7 cm³/mol. The molecule has 0 aliphatic rings. The fourth-order valence-corrected chi connectivity index (χ4v) is 3.17. The molecule has 0 atom stereocenters. The van der Waals surface area contributed by atoms with E-state index in [0.717, 1.165) is 0 Å². The van der Waals surface area contributed by atoms with E-state index in [1.165, 1.54) is 4.31 Å². The molecule has 0 amide bonds. The molecule has 0 unspecified atom stereocenters. The van der Waals surface area contributed by atoms with Crippen LogP contribution in [0.25, 0.3) is 0 Å². The van der Waals surface area contributed by atoms with Crippen molar-refractivity contribution in [3.8, 4) is 0 Å². The van der Waals surface area contributed by atoms with E-state index < -0.39 is 16.0 Å². The molecule has 0 aromatic heterocycles. The van der Waals surface area contributed by atoms with Crippen LogP contribution < -0.4 is 0 Å². The number of carboxylic acid groups (broad SMARTS) is 1. The standard InChI is InChI=1S/C10H21NO4S/c1-8(2)7-11(9(3)4)16(14,15)6-5-10(12)13/h8-9H,5-7H2,1-4H3,(H,12,13). The van der Waals surface area contributed by atoms with Crippen molar-refractivity contribution in [1.29, 1.82) is 0 Å². The Bertz CT molecular complexity index is 322. The molecule has 0 aromatic carbocycles. The molecule has 0 fully saturated rings. The summed E-state index contributed by atoms with van der Waals surface area (Å²) in [5.41, 5.74) is 0. The molecule has 0 rings (SSSR count). The molecule has 0 bridgehead atoms. The topological polar surface area (TPSA) is 74.7 Å². The lowest BCUT2D eigenvalue weighted by Gasteiger charge is -2.27. The molecule has 0 saturated carbocycles. The average molecular weight is 251 g/mol. The minimum absolute atomic E-state index is 0.138. The number of carbonyl (C=O) groups is 1. The van der Waals surface area contributed by atoms with Gasteiger partial charge in [-0.3, -0.25) is 4.79 Å². The van der Waals surface area contributed by atoms with Crippen LogP contribution in [0.5, 0.6) is 0 Å². The van der Waals surface area contributed by atoms with Crippen molar-refractivity contribution in [1.82, 2.24) is 4.31 Å². The molecule has 5 nitrogen and oxygen atoms in total. The van der Waals surface area contributed by atoms with Crippen LogP contribution in [0.15, 0.2) is 0 Å². The normalized spacial score (nSPS) is 12.7. The Morgan fingerprint density at radius 1 is 1.25 bits per heavy atom. The van der Waals surface area contributed by atoms with Gasteiger partial charge in [0.25, 0.3) is 0 Å². The van der Waals surface area contributed by atoms with Gasteiger partial charge in [0, 0.05) is 12.6 Å². The summed E-state index contributed by atoms with van der Waals surface area (Å²) in [6.07, 6.45) is -0.344. The summed E-state index contributed by atoms with van der Waals surface area (Å²) < 4.78 is 25.1. The lowest BCUT2D eigenvalue weighted by molar-refractivity contribution is -0.136. The Hall–Kier alpha value is -0.620. The van der Waals surface area contributed by atoms with Crippen LogP contribution in [0.3, 0.4) is 0 Å². The number of sulfonamides is 1. The van der Waals surface area contributed by atoms with Crippen LogP contribution in [-0.2, 0) is 14.8 Å². The van der Waals surface area contributed by atoms with Crippen molar-refractivity contribution in [2.24, 2.45) is 5.92 Å². The molecule has 6 heteroatoms. The quantitative estimate of drug-likeness (QED) is 0.736. The Morgan fingerprint density at radius 3 is 2.06 bits per heavy atom. The molecule has 16 heavy (non-hydrogen) atoms. The van der Waals surface area contributed by atoms with Crippen LogP contribution >= 0.6 is 0 Å². The molecular weight excluding hydrogens is 230 g/mol. The minimum atomic E-state index is -3.46. The van der Waals surface area contributed by atoms with Crippen LogP contribution in [0, 0.1) is 5.92 Å². The van der Waals surface area contributed by atoms with Gasteiger partial charge in [-0.2, -0.15) is 4.31 Å². The van der Waals surface area contributed by atoms with Crippen LogP contribution in [0.2, 0.25) is 0 Å². The molecular formula is C10H21NO4S. The molecule has 0 aliphatic carbocycles. The third-order valence-corrected chi connectivity index (χ3v) is 4.06. The molecule has 0 saturated heterocycles. The van der Waals surface area contributed by atoms with E-state index in [1.807, 2.05) is 13.8 Å². The molecule has 0 aromatic rings. The maximum atomic E-state index is 11.9. The maximum Gasteiger partial charge on any atom is 0.304 e. The van der Waals surface area contributed by atoms with E-state index >= 15 is 0 Å². The van der Waals surface area contributed by atoms with E-state index in [2.05, 4.69) is 0 Å². The van der Waals surface area contributed by atoms with E-state index in [9.17, 15) is 13.2 Å². The first kappa shape index (κ1) is 15.4. The minimum Gasteiger partial charge on any atom is -0.481 e. The monoisotopic (exact) mass is 251 g/mol. The van der Waals surface area contributed by atoms with Crippen molar-refractivity contribution in [2.45, 2.75) is 40.2 Å². The fourth-order valence-electron chi connectivity index (χ4n) is 1.34. The zero-order chi connectivity index (χ0) is 12.9. The molecule has 0 radical (unpaired) electrons. The summed E-state index contributed by atoms with van der Waals surface area (Å²) >= 11 is 0. The second-order valence-electron chi connectivity index (χ2n) is 4.52. The first-order valence-corrected chi connectivity index (χ1v) is 6.99. The van der Waals surface area contributed by atoms with Crippen LogP contribution in [0.4, 0.5) is 0 Å². The van der Waals surface area contributed by atoms with E-state index in [0.29, 0.717) is 6.54 Å². The van der Waals surface area contributed by atoms with Crippen molar-refractivity contribution in [3.63, 3.8) is 0 Å². The Kier molecular flexibility index (Phi) is 5.96. The summed E-state index contributed by atoms with van der Waals surface area (Å²) in [7, 11) is -3.46. The lowest BCUT2D eigenvalue weighted by atomic mass is 10.2. The van der Waals surface area contributed by atoms with Crippen LogP contribution in [0.1, 0.15) is 34.1 Å². The van der Waals surface area contributed by atoms with Gasteiger partial charge >= 0.3 is 5.97 Å². The van der Waals surface area contributed by atoms with E-state index in [4.69, 9.17) is 5.11 Å². The number of hydrogen-bond acceptors (Lipinski definition) is 3. The van der Waals surface area contributed by atoms with Crippen molar-refractivity contribution in [2.75, 3.05) is 12.3 Å². The number of aliphatic carboxylic acids is 1. The van der Waals surface area contributed by atoms with Gasteiger partial charge in [0.15, 0.2) is 0 Å². The Labute approximate surface area is 97.5 Å². The smallest absolute Gasteiger partial charge is 0.304 e. The fraction of sp³-hybridized carbons (Fsp3) is 0.900. The summed E-state index contributed by atoms with van der Waals surface area (Å²) in [5, 5.41) is 8.50. The number of nitrogens with zero attached hydrogens (tertiary/aromatic N) is 1. The van der Waals surface area contributed by atoms with Crippen molar-refractivity contribution in [3.05, 3.63) is 0 Å². The van der Waals surface area contributed by atoms with E-state index in [-0.39, 0.29) is 24.1 Å². The molecule has 0 heterocycles. The Morgan fingerprint density at radius 2 is 1.75 bits per heavy atom. The zero-order valence-corrected chi connectivity index (χ0v) is 11.1. The summed E-state index contributed by atoms with van der Waals surface area (Å²) in [6, 6.07) is -0.138. The predicted octanol–water partition coefficient (Wildman–Crippen LogP) is 1.16. The highest BCUT2D eigenvalue weighted by molar-refractivity contribution is 7.89. The van der Waals surface area contributed by atoms with Gasteiger partial charge in [0.05, 0.1) is 12.2 Å². The molecule has 0 aliphatic heterocycles. The van der Waals surface area contributed by atoms with Gasteiger partial charge in [0.2, 0.25) is 10.0 Å². The third-order valence-electron chi connectivity index (χ3n) is 2.05. The van der Waals surface area contributed by atoms with Gasteiger partial charge < -0.3 is 5.11 Å². The number of rotatable bonds is 7. The van der Waals surface area contributed by atoms with Gasteiger partial charge in [-0.05, 0) is 19.8 Å². The first-order chi connectivity index (χ1) is 7.16. The maximum absolute atomic E-state index is 11.9. The highest BCUT2D eigenvalue weighted by Gasteiger charge is 2.25. The van der Waals surface area contributed by atoms with Gasteiger partial charge in [-0.15, -0.1) is 0 Å². The van der Waals surface area contributed by atoms with E-state index in [1.54, 1.807) is 13.8 Å². The molecule has 96 valence electrons. The highest BCUT2D eigenvalue weighted by Crippen LogP contribution is 2.12. The zero-order valence-electron chi connectivity index (χ0n) is 10.3.